The largest absolute Gasteiger partial charge is 0.379 e. The predicted octanol–water partition coefficient (Wildman–Crippen LogP) is 3.27. The summed E-state index contributed by atoms with van der Waals surface area (Å²) >= 11 is 6.39. The van der Waals surface area contributed by atoms with Crippen LogP contribution in [0.25, 0.3) is 0 Å². The Kier molecular flexibility index (Phi) is 7.16. The van der Waals surface area contributed by atoms with E-state index in [1.54, 1.807) is 6.07 Å². The van der Waals surface area contributed by atoms with Crippen molar-refractivity contribution in [1.29, 1.82) is 0 Å². The van der Waals surface area contributed by atoms with Crippen LogP contribution in [-0.2, 0) is 4.74 Å². The number of nitrogens with one attached hydrogen (secondary N) is 1. The highest BCUT2D eigenvalue weighted by molar-refractivity contribution is 6.31. The van der Waals surface area contributed by atoms with Gasteiger partial charge in [-0.3, -0.25) is 29.9 Å². The number of nitro benzene ring substituents is 2. The molecule has 164 valence electrons. The third kappa shape index (κ3) is 5.16. The summed E-state index contributed by atoms with van der Waals surface area (Å²) in [5.74, 6) is -0.630. The molecule has 2 aromatic carbocycles. The number of rotatable bonds is 7. The van der Waals surface area contributed by atoms with Crippen molar-refractivity contribution in [1.82, 2.24) is 10.2 Å². The number of hydrogen-bond acceptors (Lipinski definition) is 7. The summed E-state index contributed by atoms with van der Waals surface area (Å²) in [7, 11) is 0. The van der Waals surface area contributed by atoms with Crippen molar-refractivity contribution in [2.24, 2.45) is 0 Å². The molecule has 1 aliphatic heterocycles. The van der Waals surface area contributed by atoms with Crippen LogP contribution in [-0.4, -0.2) is 53.5 Å². The molecule has 1 atom stereocenters. The topological polar surface area (TPSA) is 128 Å². The summed E-state index contributed by atoms with van der Waals surface area (Å²) in [5, 5.41) is 25.8. The molecule has 1 heterocycles. The maximum Gasteiger partial charge on any atom is 0.279 e. The molecule has 1 unspecified atom stereocenters. The molecular formula is C20H21ClN4O6. The number of amides is 1. The maximum absolute atomic E-state index is 12.9. The fourth-order valence-electron chi connectivity index (χ4n) is 3.57. The molecule has 0 spiro atoms. The zero-order chi connectivity index (χ0) is 22.5. The first kappa shape index (κ1) is 22.6. The minimum absolute atomic E-state index is 0.0637. The number of halogens is 1. The third-order valence-corrected chi connectivity index (χ3v) is 5.57. The molecule has 2 aromatic rings. The molecule has 1 saturated heterocycles. The second-order valence-corrected chi connectivity index (χ2v) is 7.45. The molecule has 0 bridgehead atoms. The van der Waals surface area contributed by atoms with Crippen LogP contribution in [0.2, 0.25) is 5.02 Å². The van der Waals surface area contributed by atoms with E-state index in [-0.39, 0.29) is 23.7 Å². The van der Waals surface area contributed by atoms with Gasteiger partial charge < -0.3 is 10.1 Å². The number of carbonyl (C=O) groups is 1. The molecular weight excluding hydrogens is 428 g/mol. The van der Waals surface area contributed by atoms with Crippen molar-refractivity contribution in [3.05, 3.63) is 78.3 Å². The van der Waals surface area contributed by atoms with Gasteiger partial charge in [0, 0.05) is 36.3 Å². The van der Waals surface area contributed by atoms with E-state index in [0.717, 1.165) is 17.7 Å². The van der Waals surface area contributed by atoms with E-state index in [9.17, 15) is 25.0 Å². The second-order valence-electron chi connectivity index (χ2n) is 7.05. The quantitative estimate of drug-likeness (QED) is 0.508. The van der Waals surface area contributed by atoms with E-state index in [0.29, 0.717) is 31.3 Å². The first-order valence-corrected chi connectivity index (χ1v) is 9.95. The fourth-order valence-corrected chi connectivity index (χ4v) is 3.83. The zero-order valence-electron chi connectivity index (χ0n) is 16.7. The van der Waals surface area contributed by atoms with E-state index in [2.05, 4.69) is 10.2 Å². The molecule has 1 aliphatic rings. The van der Waals surface area contributed by atoms with Crippen LogP contribution in [0, 0.1) is 27.2 Å². The minimum atomic E-state index is -0.760. The van der Waals surface area contributed by atoms with Gasteiger partial charge in [0.2, 0.25) is 0 Å². The van der Waals surface area contributed by atoms with E-state index >= 15 is 0 Å². The van der Waals surface area contributed by atoms with Gasteiger partial charge in [0.25, 0.3) is 17.3 Å². The number of benzene rings is 2. The van der Waals surface area contributed by atoms with Gasteiger partial charge in [0.05, 0.1) is 40.7 Å². The fraction of sp³-hybridized carbons (Fsp3) is 0.350. The molecule has 31 heavy (non-hydrogen) atoms. The Morgan fingerprint density at radius 2 is 1.87 bits per heavy atom. The van der Waals surface area contributed by atoms with Crippen LogP contribution in [0.15, 0.2) is 36.4 Å². The summed E-state index contributed by atoms with van der Waals surface area (Å²) in [6.07, 6.45) is 0. The van der Waals surface area contributed by atoms with Gasteiger partial charge in [-0.2, -0.15) is 0 Å². The summed E-state index contributed by atoms with van der Waals surface area (Å²) in [5.41, 5.74) is -0.212. The van der Waals surface area contributed by atoms with Gasteiger partial charge in [-0.15, -0.1) is 0 Å². The summed E-state index contributed by atoms with van der Waals surface area (Å²) in [6.45, 7) is 3.94. The number of ether oxygens (including phenoxy) is 1. The Hall–Kier alpha value is -3.08. The average molecular weight is 449 g/mol. The molecule has 1 amide bonds. The SMILES string of the molecule is Cc1c(C(=O)NCC(c2ccccc2Cl)N2CCOCC2)cc([N+](=O)[O-])cc1[N+](=O)[O-]. The van der Waals surface area contributed by atoms with Gasteiger partial charge in [-0.25, -0.2) is 0 Å². The van der Waals surface area contributed by atoms with Crippen LogP contribution in [0.4, 0.5) is 11.4 Å². The second kappa shape index (κ2) is 9.82. The van der Waals surface area contributed by atoms with Crippen LogP contribution in [0.5, 0.6) is 0 Å². The average Bonchev–Trinajstić information content (AvgIpc) is 2.75. The van der Waals surface area contributed by atoms with Crippen molar-refractivity contribution >= 4 is 28.9 Å². The predicted molar refractivity (Wildman–Crippen MR) is 113 cm³/mol. The van der Waals surface area contributed by atoms with Crippen LogP contribution < -0.4 is 5.32 Å². The molecule has 1 fully saturated rings. The monoisotopic (exact) mass is 448 g/mol. The van der Waals surface area contributed by atoms with Crippen molar-refractivity contribution in [3.8, 4) is 0 Å². The van der Waals surface area contributed by atoms with Crippen LogP contribution >= 0.6 is 11.6 Å². The van der Waals surface area contributed by atoms with E-state index in [4.69, 9.17) is 16.3 Å². The highest BCUT2D eigenvalue weighted by Gasteiger charge is 2.28. The van der Waals surface area contributed by atoms with Crippen molar-refractivity contribution < 1.29 is 19.4 Å². The van der Waals surface area contributed by atoms with Gasteiger partial charge in [-0.1, -0.05) is 29.8 Å². The number of nitro groups is 2. The standard InChI is InChI=1S/C20H21ClN4O6/c1-13-16(10-14(24(27)28)11-18(13)25(29)30)20(26)22-12-19(23-6-8-31-9-7-23)15-4-2-3-5-17(15)21/h2-5,10-11,19H,6-9,12H2,1H3,(H,22,26). The van der Waals surface area contributed by atoms with Gasteiger partial charge in [0.15, 0.2) is 0 Å². The van der Waals surface area contributed by atoms with E-state index in [1.807, 2.05) is 18.2 Å². The smallest absolute Gasteiger partial charge is 0.279 e. The van der Waals surface area contributed by atoms with Gasteiger partial charge >= 0.3 is 0 Å². The first-order valence-electron chi connectivity index (χ1n) is 9.57. The van der Waals surface area contributed by atoms with Crippen molar-refractivity contribution in [2.45, 2.75) is 13.0 Å². The lowest BCUT2D eigenvalue weighted by Gasteiger charge is -2.35. The third-order valence-electron chi connectivity index (χ3n) is 5.22. The number of nitrogens with zero attached hydrogens (tertiary/aromatic N) is 3. The Morgan fingerprint density at radius 3 is 2.48 bits per heavy atom. The van der Waals surface area contributed by atoms with Gasteiger partial charge in [0.1, 0.15) is 0 Å². The number of morpholine rings is 1. The zero-order valence-corrected chi connectivity index (χ0v) is 17.5. The lowest BCUT2D eigenvalue weighted by Crippen LogP contribution is -2.44. The lowest BCUT2D eigenvalue weighted by atomic mass is 10.0. The minimum Gasteiger partial charge on any atom is -0.379 e. The molecule has 10 nitrogen and oxygen atoms in total. The Bertz CT molecular complexity index is 1010. The van der Waals surface area contributed by atoms with E-state index < -0.39 is 27.1 Å². The summed E-state index contributed by atoms with van der Waals surface area (Å²) in [6, 6.07) is 8.95. The number of hydrogen-bond donors (Lipinski definition) is 1. The lowest BCUT2D eigenvalue weighted by molar-refractivity contribution is -0.394. The molecule has 0 saturated carbocycles. The Balaban J connectivity index is 1.88. The molecule has 0 radical (unpaired) electrons. The molecule has 1 N–H and O–H groups in total. The maximum atomic E-state index is 12.9. The normalized spacial score (nSPS) is 15.3. The molecule has 11 heteroatoms. The molecule has 0 aliphatic carbocycles. The van der Waals surface area contributed by atoms with Crippen LogP contribution in [0.1, 0.15) is 27.5 Å². The number of non-ortho nitro benzene ring substituents is 1. The van der Waals surface area contributed by atoms with Gasteiger partial charge in [-0.05, 0) is 18.6 Å². The molecule has 3 rings (SSSR count). The highest BCUT2D eigenvalue weighted by atomic mass is 35.5. The highest BCUT2D eigenvalue weighted by Crippen LogP contribution is 2.30. The summed E-state index contributed by atoms with van der Waals surface area (Å²) < 4.78 is 5.41. The van der Waals surface area contributed by atoms with Crippen molar-refractivity contribution in [2.75, 3.05) is 32.8 Å². The first-order chi connectivity index (χ1) is 14.8. The molecule has 0 aromatic heterocycles. The Labute approximate surface area is 183 Å². The van der Waals surface area contributed by atoms with E-state index in [1.165, 1.54) is 6.92 Å². The Morgan fingerprint density at radius 1 is 1.19 bits per heavy atom. The van der Waals surface area contributed by atoms with Crippen LogP contribution in [0.3, 0.4) is 0 Å². The van der Waals surface area contributed by atoms with Crippen molar-refractivity contribution in [3.63, 3.8) is 0 Å². The summed E-state index contributed by atoms with van der Waals surface area (Å²) in [4.78, 5) is 36.0. The number of carbonyl (C=O) groups excluding carboxylic acids is 1.